The molecular weight excluding hydrogens is 478 g/mol. The minimum atomic E-state index is -0.440. The Hall–Kier alpha value is -2.04. The van der Waals surface area contributed by atoms with Crippen LogP contribution in [0, 0.1) is 6.92 Å². The Morgan fingerprint density at radius 1 is 1.28 bits per heavy atom. The number of benzene rings is 1. The number of nitrogens with zero attached hydrogens (tertiary/aromatic N) is 4. The quantitative estimate of drug-likeness (QED) is 0.421. The van der Waals surface area contributed by atoms with Crippen LogP contribution in [0.25, 0.3) is 26.9 Å². The first-order valence-corrected chi connectivity index (χ1v) is 10.7. The summed E-state index contributed by atoms with van der Waals surface area (Å²) >= 11 is 11.4. The molecule has 3 heterocycles. The van der Waals surface area contributed by atoms with Gasteiger partial charge in [-0.15, -0.1) is 10.2 Å². The molecule has 0 saturated carbocycles. The standard InChI is InChI=1S/C19H17BrClN5O2S/c1-10-4-13(14(21)5-16(10)28-9-12(22)8-27)18-24-25-19(29-18)15-7-26-6-11(20)2-3-17(26)23-15/h2-7,12,27H,8-9,22H2,1H3. The summed E-state index contributed by atoms with van der Waals surface area (Å²) in [5.74, 6) is 0.623. The largest absolute Gasteiger partial charge is 0.492 e. The number of hydrogen-bond acceptors (Lipinski definition) is 7. The van der Waals surface area contributed by atoms with Gasteiger partial charge in [0.15, 0.2) is 5.01 Å². The number of hydrogen-bond donors (Lipinski definition) is 2. The Bertz CT molecular complexity index is 1180. The van der Waals surface area contributed by atoms with E-state index in [2.05, 4.69) is 31.1 Å². The predicted molar refractivity (Wildman–Crippen MR) is 118 cm³/mol. The van der Waals surface area contributed by atoms with Crippen molar-refractivity contribution in [2.24, 2.45) is 5.73 Å². The van der Waals surface area contributed by atoms with Gasteiger partial charge < -0.3 is 20.0 Å². The third-order valence-electron chi connectivity index (χ3n) is 4.24. The maximum absolute atomic E-state index is 9.03. The first-order chi connectivity index (χ1) is 13.9. The number of fused-ring (bicyclic) bond motifs is 1. The lowest BCUT2D eigenvalue weighted by Gasteiger charge is -2.14. The second kappa shape index (κ2) is 8.37. The van der Waals surface area contributed by atoms with Gasteiger partial charge in [0.05, 0.1) is 17.7 Å². The van der Waals surface area contributed by atoms with Gasteiger partial charge in [0.2, 0.25) is 0 Å². The van der Waals surface area contributed by atoms with Gasteiger partial charge in [-0.2, -0.15) is 0 Å². The Balaban J connectivity index is 1.62. The average molecular weight is 495 g/mol. The normalized spacial score (nSPS) is 12.4. The molecule has 1 unspecified atom stereocenters. The fourth-order valence-electron chi connectivity index (χ4n) is 2.74. The highest BCUT2D eigenvalue weighted by Gasteiger charge is 2.16. The molecule has 3 N–H and O–H groups in total. The van der Waals surface area contributed by atoms with Crippen molar-refractivity contribution in [1.82, 2.24) is 19.6 Å². The van der Waals surface area contributed by atoms with Crippen molar-refractivity contribution in [1.29, 1.82) is 0 Å². The molecule has 10 heteroatoms. The van der Waals surface area contributed by atoms with E-state index in [0.717, 1.165) is 26.9 Å². The highest BCUT2D eigenvalue weighted by molar-refractivity contribution is 9.10. The molecule has 7 nitrogen and oxygen atoms in total. The molecule has 0 aliphatic carbocycles. The van der Waals surface area contributed by atoms with Crippen LogP contribution in [0.3, 0.4) is 0 Å². The SMILES string of the molecule is Cc1cc(-c2nnc(-c3cn4cc(Br)ccc4n3)s2)c(Cl)cc1OCC(N)CO. The molecule has 150 valence electrons. The molecule has 0 amide bonds. The van der Waals surface area contributed by atoms with Gasteiger partial charge in [-0.1, -0.05) is 22.9 Å². The smallest absolute Gasteiger partial charge is 0.168 e. The van der Waals surface area contributed by atoms with Gasteiger partial charge >= 0.3 is 0 Å². The molecule has 29 heavy (non-hydrogen) atoms. The van der Waals surface area contributed by atoms with Crippen molar-refractivity contribution in [3.05, 3.63) is 51.7 Å². The highest BCUT2D eigenvalue weighted by Crippen LogP contribution is 2.37. The zero-order valence-electron chi connectivity index (χ0n) is 15.3. The van der Waals surface area contributed by atoms with Crippen LogP contribution >= 0.6 is 38.9 Å². The molecule has 4 rings (SSSR count). The first kappa shape index (κ1) is 20.2. The maximum Gasteiger partial charge on any atom is 0.168 e. The maximum atomic E-state index is 9.03. The van der Waals surface area contributed by atoms with E-state index in [1.807, 2.05) is 41.9 Å². The van der Waals surface area contributed by atoms with Crippen molar-refractivity contribution in [3.8, 4) is 27.0 Å². The van der Waals surface area contributed by atoms with Gasteiger partial charge in [-0.25, -0.2) is 4.98 Å². The molecule has 0 bridgehead atoms. The summed E-state index contributed by atoms with van der Waals surface area (Å²) in [6.07, 6.45) is 3.86. The molecule has 0 aliphatic heterocycles. The first-order valence-electron chi connectivity index (χ1n) is 8.72. The van der Waals surface area contributed by atoms with Crippen LogP contribution in [-0.4, -0.2) is 43.9 Å². The van der Waals surface area contributed by atoms with Crippen LogP contribution in [0.4, 0.5) is 0 Å². The summed E-state index contributed by atoms with van der Waals surface area (Å²) in [6.45, 7) is 1.99. The summed E-state index contributed by atoms with van der Waals surface area (Å²) in [5.41, 5.74) is 8.94. The minimum absolute atomic E-state index is 0.140. The van der Waals surface area contributed by atoms with Gasteiger partial charge in [0.25, 0.3) is 0 Å². The number of aromatic nitrogens is 4. The lowest BCUT2D eigenvalue weighted by Crippen LogP contribution is -2.31. The molecule has 0 radical (unpaired) electrons. The fraction of sp³-hybridized carbons (Fsp3) is 0.211. The number of aliphatic hydroxyl groups is 1. The van der Waals surface area contributed by atoms with Crippen LogP contribution in [0.2, 0.25) is 5.02 Å². The number of ether oxygens (including phenoxy) is 1. The average Bonchev–Trinajstić information content (AvgIpc) is 3.34. The third-order valence-corrected chi connectivity index (χ3v) is 6.00. The van der Waals surface area contributed by atoms with Crippen molar-refractivity contribution in [3.63, 3.8) is 0 Å². The summed E-state index contributed by atoms with van der Waals surface area (Å²) in [7, 11) is 0. The molecule has 0 spiro atoms. The number of halogens is 2. The molecule has 1 aromatic carbocycles. The summed E-state index contributed by atoms with van der Waals surface area (Å²) in [6, 6.07) is 7.08. The molecule has 0 aliphatic rings. The third kappa shape index (κ3) is 4.29. The topological polar surface area (TPSA) is 98.6 Å². The molecule has 4 aromatic rings. The van der Waals surface area contributed by atoms with Gasteiger partial charge in [0.1, 0.15) is 28.7 Å². The highest BCUT2D eigenvalue weighted by atomic mass is 79.9. The number of imidazole rings is 1. The Morgan fingerprint density at radius 2 is 2.07 bits per heavy atom. The van der Waals surface area contributed by atoms with Crippen LogP contribution < -0.4 is 10.5 Å². The van der Waals surface area contributed by atoms with Crippen molar-refractivity contribution >= 4 is 44.5 Å². The molecule has 0 saturated heterocycles. The number of aliphatic hydroxyl groups excluding tert-OH is 1. The minimum Gasteiger partial charge on any atom is -0.492 e. The van der Waals surface area contributed by atoms with E-state index in [1.54, 1.807) is 6.07 Å². The Morgan fingerprint density at radius 3 is 2.86 bits per heavy atom. The van der Waals surface area contributed by atoms with E-state index >= 15 is 0 Å². The van der Waals surface area contributed by atoms with E-state index < -0.39 is 6.04 Å². The second-order valence-electron chi connectivity index (χ2n) is 6.50. The van der Waals surface area contributed by atoms with E-state index in [0.29, 0.717) is 20.8 Å². The lowest BCUT2D eigenvalue weighted by molar-refractivity contribution is 0.206. The second-order valence-corrected chi connectivity index (χ2v) is 8.80. The number of aryl methyl sites for hydroxylation is 1. The lowest BCUT2D eigenvalue weighted by atomic mass is 10.1. The Labute approximate surface area is 184 Å². The van der Waals surface area contributed by atoms with Crippen LogP contribution in [0.5, 0.6) is 5.75 Å². The monoisotopic (exact) mass is 493 g/mol. The molecule has 0 fully saturated rings. The molecule has 1 atom stereocenters. The van der Waals surface area contributed by atoms with Crippen molar-refractivity contribution in [2.75, 3.05) is 13.2 Å². The number of pyridine rings is 1. The zero-order chi connectivity index (χ0) is 20.5. The van der Waals surface area contributed by atoms with Gasteiger partial charge in [0, 0.05) is 22.4 Å². The van der Waals surface area contributed by atoms with Gasteiger partial charge in [-0.05, 0) is 52.7 Å². The number of nitrogens with two attached hydrogens (primary N) is 1. The predicted octanol–water partition coefficient (Wildman–Crippen LogP) is 3.94. The van der Waals surface area contributed by atoms with Crippen LogP contribution in [0.1, 0.15) is 5.56 Å². The fourth-order valence-corrected chi connectivity index (χ4v) is 4.22. The van der Waals surface area contributed by atoms with Crippen molar-refractivity contribution in [2.45, 2.75) is 13.0 Å². The van der Waals surface area contributed by atoms with Gasteiger partial charge in [-0.3, -0.25) is 0 Å². The van der Waals surface area contributed by atoms with E-state index in [-0.39, 0.29) is 13.2 Å². The zero-order valence-corrected chi connectivity index (χ0v) is 18.5. The van der Waals surface area contributed by atoms with E-state index in [9.17, 15) is 0 Å². The summed E-state index contributed by atoms with van der Waals surface area (Å²) in [5, 5.41) is 19.5. The summed E-state index contributed by atoms with van der Waals surface area (Å²) in [4.78, 5) is 4.60. The molecular formula is C19H17BrClN5O2S. The van der Waals surface area contributed by atoms with Crippen molar-refractivity contribution < 1.29 is 9.84 Å². The van der Waals surface area contributed by atoms with E-state index in [1.165, 1.54) is 11.3 Å². The Kier molecular flexibility index (Phi) is 5.84. The van der Waals surface area contributed by atoms with Crippen LogP contribution in [0.15, 0.2) is 41.1 Å². The number of rotatable bonds is 6. The summed E-state index contributed by atoms with van der Waals surface area (Å²) < 4.78 is 8.56. The van der Waals surface area contributed by atoms with Crippen LogP contribution in [-0.2, 0) is 0 Å². The van der Waals surface area contributed by atoms with E-state index in [4.69, 9.17) is 27.2 Å². The molecule has 3 aromatic heterocycles.